The third-order valence-electron chi connectivity index (χ3n) is 4.92. The fourth-order valence-electron chi connectivity index (χ4n) is 3.40. The Kier molecular flexibility index (Phi) is 4.18. The summed E-state index contributed by atoms with van der Waals surface area (Å²) < 4.78 is 29.2. The van der Waals surface area contributed by atoms with Crippen LogP contribution in [0.2, 0.25) is 0 Å². The van der Waals surface area contributed by atoms with Crippen LogP contribution in [0.1, 0.15) is 23.7 Å². The molecule has 3 amide bonds. The molecule has 1 fully saturated rings. The molecule has 7 nitrogen and oxygen atoms in total. The average Bonchev–Trinajstić information content (AvgIpc) is 2.88. The minimum atomic E-state index is -1.77. The molecule has 0 radical (unpaired) electrons. The molecule has 0 unspecified atom stereocenters. The summed E-state index contributed by atoms with van der Waals surface area (Å²) in [6, 6.07) is 6.57. The maximum absolute atomic E-state index is 14.2. The first-order valence-corrected chi connectivity index (χ1v) is 8.77. The number of imide groups is 1. The number of benzene rings is 1. The normalized spacial score (nSPS) is 19.1. The molecule has 0 bridgehead atoms. The smallest absolute Gasteiger partial charge is 0.319 e. The van der Waals surface area contributed by atoms with Gasteiger partial charge in [0.2, 0.25) is 0 Å². The molecule has 29 heavy (non-hydrogen) atoms. The van der Waals surface area contributed by atoms with Crippen LogP contribution in [-0.4, -0.2) is 26.2 Å². The third-order valence-corrected chi connectivity index (χ3v) is 4.92. The molecule has 1 aromatic carbocycles. The Morgan fingerprint density at radius 3 is 2.62 bits per heavy atom. The van der Waals surface area contributed by atoms with Crippen molar-refractivity contribution in [1.29, 1.82) is 0 Å². The number of fused-ring (bicyclic) bond motifs is 1. The van der Waals surface area contributed by atoms with E-state index in [-0.39, 0.29) is 23.4 Å². The van der Waals surface area contributed by atoms with Gasteiger partial charge in [0.05, 0.1) is 12.2 Å². The predicted molar refractivity (Wildman–Crippen MR) is 99.0 cm³/mol. The summed E-state index contributed by atoms with van der Waals surface area (Å²) in [5.74, 6) is -2.32. The Morgan fingerprint density at radius 2 is 1.86 bits per heavy atom. The Labute approximate surface area is 163 Å². The second kappa shape index (κ2) is 6.47. The molecule has 1 N–H and O–H groups in total. The molecule has 3 heterocycles. The minimum absolute atomic E-state index is 0.200. The number of pyridine rings is 1. The zero-order valence-electron chi connectivity index (χ0n) is 15.6. The lowest BCUT2D eigenvalue weighted by atomic mass is 9.91. The van der Waals surface area contributed by atoms with Crippen LogP contribution in [0.4, 0.5) is 13.6 Å². The molecule has 3 aromatic rings. The molecule has 4 rings (SSSR count). The molecule has 9 heteroatoms. The fraction of sp³-hybridized carbons (Fsp3) is 0.200. The number of halogens is 2. The second-order valence-corrected chi connectivity index (χ2v) is 7.09. The summed E-state index contributed by atoms with van der Waals surface area (Å²) in [5, 5.41) is 2.41. The maximum atomic E-state index is 14.2. The van der Waals surface area contributed by atoms with Crippen LogP contribution >= 0.6 is 0 Å². The van der Waals surface area contributed by atoms with Crippen molar-refractivity contribution in [2.24, 2.45) is 0 Å². The summed E-state index contributed by atoms with van der Waals surface area (Å²) >= 11 is 0. The molecule has 0 spiro atoms. The van der Waals surface area contributed by atoms with Gasteiger partial charge in [-0.2, -0.15) is 0 Å². The molecular weight excluding hydrogens is 382 g/mol. The van der Waals surface area contributed by atoms with Gasteiger partial charge in [0, 0.05) is 17.8 Å². The van der Waals surface area contributed by atoms with E-state index in [1.807, 2.05) is 6.92 Å². The Balaban J connectivity index is 1.70. The standard InChI is InChI=1S/C20H16F2N4O3/c1-11-3-6-16-23-13(8-17(27)25(16)9-11)10-26-18(28)20(2,24-19(26)29)14-7-12(21)4-5-15(14)22/h3-9H,10H2,1-2H3,(H,24,29)/t20-/m0/s1. The number of amides is 3. The molecule has 0 aliphatic carbocycles. The fourth-order valence-corrected chi connectivity index (χ4v) is 3.40. The molecule has 1 aliphatic heterocycles. The summed E-state index contributed by atoms with van der Waals surface area (Å²) in [6.07, 6.45) is 1.63. The Bertz CT molecular complexity index is 1240. The Hall–Kier alpha value is -3.62. The van der Waals surface area contributed by atoms with Gasteiger partial charge >= 0.3 is 6.03 Å². The van der Waals surface area contributed by atoms with Crippen molar-refractivity contribution in [3.05, 3.63) is 81.4 Å². The molecular formula is C20H16F2N4O3. The SMILES string of the molecule is Cc1ccc2nc(CN3C(=O)N[C@@](C)(c4cc(F)ccc4F)C3=O)cc(=O)n2c1. The van der Waals surface area contributed by atoms with E-state index in [1.54, 1.807) is 18.3 Å². The Morgan fingerprint density at radius 1 is 1.10 bits per heavy atom. The maximum Gasteiger partial charge on any atom is 0.325 e. The van der Waals surface area contributed by atoms with Gasteiger partial charge in [-0.05, 0) is 43.7 Å². The number of aromatic nitrogens is 2. The molecule has 1 atom stereocenters. The van der Waals surface area contributed by atoms with Crippen LogP contribution in [0, 0.1) is 18.6 Å². The number of aryl methyl sites for hydroxylation is 1. The highest BCUT2D eigenvalue weighted by molar-refractivity contribution is 6.07. The van der Waals surface area contributed by atoms with Crippen LogP contribution in [0.25, 0.3) is 5.65 Å². The highest BCUT2D eigenvalue weighted by Crippen LogP contribution is 2.31. The first-order valence-electron chi connectivity index (χ1n) is 8.77. The van der Waals surface area contributed by atoms with Gasteiger partial charge in [0.15, 0.2) is 0 Å². The van der Waals surface area contributed by atoms with Crippen LogP contribution in [-0.2, 0) is 16.9 Å². The van der Waals surface area contributed by atoms with Crippen LogP contribution in [0.5, 0.6) is 0 Å². The first-order chi connectivity index (χ1) is 13.7. The van der Waals surface area contributed by atoms with Crippen molar-refractivity contribution in [1.82, 2.24) is 19.6 Å². The van der Waals surface area contributed by atoms with Crippen molar-refractivity contribution in [2.45, 2.75) is 25.9 Å². The number of carbonyl (C=O) groups is 2. The number of hydrogen-bond acceptors (Lipinski definition) is 4. The van der Waals surface area contributed by atoms with Gasteiger partial charge in [-0.3, -0.25) is 18.9 Å². The van der Waals surface area contributed by atoms with E-state index in [9.17, 15) is 23.2 Å². The highest BCUT2D eigenvalue weighted by atomic mass is 19.1. The largest absolute Gasteiger partial charge is 0.325 e. The number of nitrogens with zero attached hydrogens (tertiary/aromatic N) is 3. The molecule has 148 valence electrons. The van der Waals surface area contributed by atoms with Crippen LogP contribution in [0.3, 0.4) is 0 Å². The lowest BCUT2D eigenvalue weighted by Gasteiger charge is -2.22. The van der Waals surface area contributed by atoms with Crippen molar-refractivity contribution in [3.8, 4) is 0 Å². The summed E-state index contributed by atoms with van der Waals surface area (Å²) in [5.41, 5.74) is -0.974. The van der Waals surface area contributed by atoms with Gasteiger partial charge in [-0.25, -0.2) is 18.6 Å². The quantitative estimate of drug-likeness (QED) is 0.686. The number of urea groups is 1. The average molecular weight is 398 g/mol. The molecule has 1 saturated heterocycles. The first kappa shape index (κ1) is 18.7. The summed E-state index contributed by atoms with van der Waals surface area (Å²) in [4.78, 5) is 42.9. The highest BCUT2D eigenvalue weighted by Gasteiger charge is 2.50. The van der Waals surface area contributed by atoms with E-state index >= 15 is 0 Å². The van der Waals surface area contributed by atoms with E-state index in [0.29, 0.717) is 5.65 Å². The van der Waals surface area contributed by atoms with Gasteiger partial charge < -0.3 is 5.32 Å². The molecule has 1 aliphatic rings. The monoisotopic (exact) mass is 398 g/mol. The van der Waals surface area contributed by atoms with Crippen molar-refractivity contribution < 1.29 is 18.4 Å². The third kappa shape index (κ3) is 3.04. The minimum Gasteiger partial charge on any atom is -0.319 e. The number of hydrogen-bond donors (Lipinski definition) is 1. The van der Waals surface area contributed by atoms with E-state index in [4.69, 9.17) is 0 Å². The van der Waals surface area contributed by atoms with E-state index in [2.05, 4.69) is 10.3 Å². The van der Waals surface area contributed by atoms with E-state index in [1.165, 1.54) is 17.4 Å². The van der Waals surface area contributed by atoms with Crippen molar-refractivity contribution in [3.63, 3.8) is 0 Å². The summed E-state index contributed by atoms with van der Waals surface area (Å²) in [7, 11) is 0. The lowest BCUT2D eigenvalue weighted by molar-refractivity contribution is -0.131. The van der Waals surface area contributed by atoms with Crippen LogP contribution in [0.15, 0.2) is 47.4 Å². The van der Waals surface area contributed by atoms with Crippen molar-refractivity contribution in [2.75, 3.05) is 0 Å². The topological polar surface area (TPSA) is 83.8 Å². The lowest BCUT2D eigenvalue weighted by Crippen LogP contribution is -2.41. The van der Waals surface area contributed by atoms with E-state index < -0.39 is 29.1 Å². The zero-order valence-corrected chi connectivity index (χ0v) is 15.6. The molecule has 2 aromatic heterocycles. The number of rotatable bonds is 3. The van der Waals surface area contributed by atoms with Gasteiger partial charge in [-0.1, -0.05) is 6.07 Å². The van der Waals surface area contributed by atoms with Gasteiger partial charge in [0.25, 0.3) is 11.5 Å². The second-order valence-electron chi connectivity index (χ2n) is 7.09. The predicted octanol–water partition coefficient (Wildman–Crippen LogP) is 2.25. The number of carbonyl (C=O) groups excluding carboxylic acids is 2. The van der Waals surface area contributed by atoms with Gasteiger partial charge in [0.1, 0.15) is 22.8 Å². The van der Waals surface area contributed by atoms with Crippen LogP contribution < -0.4 is 10.9 Å². The van der Waals surface area contributed by atoms with Gasteiger partial charge in [-0.15, -0.1) is 0 Å². The summed E-state index contributed by atoms with van der Waals surface area (Å²) in [6.45, 7) is 2.85. The number of nitrogens with one attached hydrogen (secondary N) is 1. The van der Waals surface area contributed by atoms with Crippen molar-refractivity contribution >= 4 is 17.6 Å². The molecule has 0 saturated carbocycles. The van der Waals surface area contributed by atoms with E-state index in [0.717, 1.165) is 28.7 Å². The zero-order chi connectivity index (χ0) is 20.9.